The van der Waals surface area contributed by atoms with Crippen LogP contribution in [0.4, 0.5) is 28.9 Å². The van der Waals surface area contributed by atoms with Crippen molar-refractivity contribution >= 4 is 22.3 Å². The summed E-state index contributed by atoms with van der Waals surface area (Å²) in [7, 11) is 0. The number of hydrogen-bond donors (Lipinski definition) is 2. The Balaban J connectivity index is 1.32. The molecule has 2 N–H and O–H groups in total. The van der Waals surface area contributed by atoms with Crippen molar-refractivity contribution in [2.45, 2.75) is 25.6 Å². The minimum absolute atomic E-state index is 0.203. The topological polar surface area (TPSA) is 75.2 Å². The molecule has 0 aliphatic carbocycles. The first-order valence-electron chi connectivity index (χ1n) is 11.4. The predicted octanol–water partition coefficient (Wildman–Crippen LogP) is 4.24. The highest BCUT2D eigenvalue weighted by atomic mass is 19.4. The summed E-state index contributed by atoms with van der Waals surface area (Å²) in [5.41, 5.74) is 1.22. The molecule has 35 heavy (non-hydrogen) atoms. The molecule has 6 nitrogen and oxygen atoms in total. The van der Waals surface area contributed by atoms with Crippen molar-refractivity contribution in [3.8, 4) is 6.07 Å². The van der Waals surface area contributed by atoms with Crippen molar-refractivity contribution in [1.29, 1.82) is 5.26 Å². The van der Waals surface area contributed by atoms with E-state index in [0.29, 0.717) is 79.1 Å². The lowest BCUT2D eigenvalue weighted by Crippen LogP contribution is -2.46. The fourth-order valence-corrected chi connectivity index (χ4v) is 4.96. The summed E-state index contributed by atoms with van der Waals surface area (Å²) in [5.74, 6) is -0.393. The Labute approximate surface area is 198 Å². The second-order valence-corrected chi connectivity index (χ2v) is 8.94. The number of halogens is 4. The van der Waals surface area contributed by atoms with Gasteiger partial charge in [0.2, 0.25) is 0 Å². The van der Waals surface area contributed by atoms with E-state index in [1.54, 1.807) is 12.1 Å². The molecule has 1 saturated heterocycles. The fourth-order valence-electron chi connectivity index (χ4n) is 4.96. The van der Waals surface area contributed by atoms with Gasteiger partial charge in [0.1, 0.15) is 5.82 Å². The summed E-state index contributed by atoms with van der Waals surface area (Å²) in [6.07, 6.45) is -3.16. The van der Waals surface area contributed by atoms with Crippen molar-refractivity contribution in [2.24, 2.45) is 0 Å². The van der Waals surface area contributed by atoms with E-state index in [2.05, 4.69) is 15.2 Å². The number of fused-ring (bicyclic) bond motifs is 3. The SMILES string of the molecule is N#Cc1ccc(N2CCN(Cc3cc(F)c4c5c(c(=O)[nH]c4c3)CCCN5)CC2)cc1C(F)(F)F. The van der Waals surface area contributed by atoms with Gasteiger partial charge in [0.15, 0.2) is 0 Å². The van der Waals surface area contributed by atoms with Crippen molar-refractivity contribution in [3.05, 3.63) is 68.8 Å². The van der Waals surface area contributed by atoms with E-state index in [1.165, 1.54) is 18.2 Å². The maximum Gasteiger partial charge on any atom is 0.417 e. The maximum absolute atomic E-state index is 15.1. The Kier molecular flexibility index (Phi) is 5.89. The molecule has 10 heteroatoms. The van der Waals surface area contributed by atoms with Crippen LogP contribution in [0.15, 0.2) is 35.1 Å². The fraction of sp³-hybridized carbons (Fsp3) is 0.360. The third-order valence-electron chi connectivity index (χ3n) is 6.70. The van der Waals surface area contributed by atoms with Gasteiger partial charge >= 0.3 is 6.18 Å². The average molecular weight is 485 g/mol. The molecule has 2 aromatic carbocycles. The minimum atomic E-state index is -4.60. The van der Waals surface area contributed by atoms with Gasteiger partial charge in [-0.2, -0.15) is 18.4 Å². The largest absolute Gasteiger partial charge is 0.417 e. The zero-order chi connectivity index (χ0) is 24.7. The van der Waals surface area contributed by atoms with E-state index in [0.717, 1.165) is 12.5 Å². The van der Waals surface area contributed by atoms with Crippen LogP contribution in [-0.2, 0) is 19.1 Å². The minimum Gasteiger partial charge on any atom is -0.384 e. The summed E-state index contributed by atoms with van der Waals surface area (Å²) < 4.78 is 55.0. The van der Waals surface area contributed by atoms with Crippen LogP contribution in [0.2, 0.25) is 0 Å². The van der Waals surface area contributed by atoms with Gasteiger partial charge in [-0.25, -0.2) is 4.39 Å². The van der Waals surface area contributed by atoms with Crippen LogP contribution in [0.25, 0.3) is 10.9 Å². The van der Waals surface area contributed by atoms with Gasteiger partial charge in [0.05, 0.1) is 33.8 Å². The molecule has 1 fully saturated rings. The number of rotatable bonds is 3. The number of alkyl halides is 3. The standard InChI is InChI=1S/C25H23F4N5O/c26-20-10-15(11-21-22(20)23-18(24(35)32-21)2-1-5-31-23)14-33-6-8-34(9-7-33)17-4-3-16(13-30)19(12-17)25(27,28)29/h3-4,10-12,31H,1-2,5-9,14H2,(H,32,35). The molecule has 182 valence electrons. The molecule has 0 radical (unpaired) electrons. The second kappa shape index (κ2) is 8.89. The number of anilines is 2. The maximum atomic E-state index is 15.1. The zero-order valence-corrected chi connectivity index (χ0v) is 18.8. The van der Waals surface area contributed by atoms with E-state index >= 15 is 4.39 Å². The van der Waals surface area contributed by atoms with Crippen molar-refractivity contribution in [2.75, 3.05) is 42.9 Å². The van der Waals surface area contributed by atoms with E-state index in [9.17, 15) is 18.0 Å². The van der Waals surface area contributed by atoms with Crippen LogP contribution < -0.4 is 15.8 Å². The molecule has 5 rings (SSSR count). The Morgan fingerprint density at radius 3 is 2.57 bits per heavy atom. The number of piperazine rings is 1. The predicted molar refractivity (Wildman–Crippen MR) is 125 cm³/mol. The number of benzene rings is 2. The smallest absolute Gasteiger partial charge is 0.384 e. The molecule has 0 unspecified atom stereocenters. The molecule has 2 aliphatic heterocycles. The molecular formula is C25H23F4N5O. The van der Waals surface area contributed by atoms with Crippen LogP contribution in [-0.4, -0.2) is 42.6 Å². The van der Waals surface area contributed by atoms with Crippen LogP contribution in [0.1, 0.15) is 28.7 Å². The summed E-state index contributed by atoms with van der Waals surface area (Å²) in [5, 5.41) is 12.6. The summed E-state index contributed by atoms with van der Waals surface area (Å²) in [6, 6.07) is 8.64. The molecule has 3 aromatic rings. The number of nitriles is 1. The number of aromatic nitrogens is 1. The van der Waals surface area contributed by atoms with E-state index in [1.807, 2.05) is 4.90 Å². The van der Waals surface area contributed by atoms with Crippen molar-refractivity contribution in [1.82, 2.24) is 9.88 Å². The lowest BCUT2D eigenvalue weighted by atomic mass is 10.00. The molecule has 3 heterocycles. The lowest BCUT2D eigenvalue weighted by Gasteiger charge is -2.36. The highest BCUT2D eigenvalue weighted by molar-refractivity contribution is 5.94. The van der Waals surface area contributed by atoms with E-state index < -0.39 is 23.1 Å². The quantitative estimate of drug-likeness (QED) is 0.543. The van der Waals surface area contributed by atoms with Gasteiger partial charge in [-0.3, -0.25) is 9.69 Å². The molecule has 0 bridgehead atoms. The first-order chi connectivity index (χ1) is 16.7. The molecule has 0 spiro atoms. The Bertz CT molecular complexity index is 1380. The molecular weight excluding hydrogens is 462 g/mol. The molecule has 2 aliphatic rings. The number of hydrogen-bond acceptors (Lipinski definition) is 5. The third-order valence-corrected chi connectivity index (χ3v) is 6.70. The summed E-state index contributed by atoms with van der Waals surface area (Å²) >= 11 is 0. The second-order valence-electron chi connectivity index (χ2n) is 8.94. The van der Waals surface area contributed by atoms with E-state index in [-0.39, 0.29) is 5.56 Å². The Morgan fingerprint density at radius 1 is 1.09 bits per heavy atom. The van der Waals surface area contributed by atoms with Gasteiger partial charge in [-0.1, -0.05) is 0 Å². The number of pyridine rings is 1. The molecule has 0 atom stereocenters. The first kappa shape index (κ1) is 23.2. The average Bonchev–Trinajstić information content (AvgIpc) is 2.83. The first-order valence-corrected chi connectivity index (χ1v) is 11.4. The highest BCUT2D eigenvalue weighted by Crippen LogP contribution is 2.35. The molecule has 1 aromatic heterocycles. The van der Waals surface area contributed by atoms with Gasteiger partial charge < -0.3 is 15.2 Å². The zero-order valence-electron chi connectivity index (χ0n) is 18.8. The van der Waals surface area contributed by atoms with Crippen LogP contribution >= 0.6 is 0 Å². The number of nitrogens with zero attached hydrogens (tertiary/aromatic N) is 3. The number of nitrogens with one attached hydrogen (secondary N) is 2. The van der Waals surface area contributed by atoms with E-state index in [4.69, 9.17) is 5.26 Å². The molecule has 0 saturated carbocycles. The van der Waals surface area contributed by atoms with Gasteiger partial charge in [-0.15, -0.1) is 0 Å². The van der Waals surface area contributed by atoms with Crippen molar-refractivity contribution < 1.29 is 17.6 Å². The summed E-state index contributed by atoms with van der Waals surface area (Å²) in [4.78, 5) is 19.2. The van der Waals surface area contributed by atoms with Crippen molar-refractivity contribution in [3.63, 3.8) is 0 Å². The van der Waals surface area contributed by atoms with Gasteiger partial charge in [-0.05, 0) is 48.7 Å². The third kappa shape index (κ3) is 4.44. The number of aromatic amines is 1. The summed E-state index contributed by atoms with van der Waals surface area (Å²) in [6.45, 7) is 3.28. The highest BCUT2D eigenvalue weighted by Gasteiger charge is 2.34. The normalized spacial score (nSPS) is 16.6. The van der Waals surface area contributed by atoms with Gasteiger partial charge in [0.25, 0.3) is 5.56 Å². The number of H-pyrrole nitrogens is 1. The van der Waals surface area contributed by atoms with Crippen LogP contribution in [0.3, 0.4) is 0 Å². The van der Waals surface area contributed by atoms with Crippen LogP contribution in [0, 0.1) is 17.1 Å². The Morgan fingerprint density at radius 2 is 1.86 bits per heavy atom. The lowest BCUT2D eigenvalue weighted by molar-refractivity contribution is -0.137. The van der Waals surface area contributed by atoms with Crippen LogP contribution in [0.5, 0.6) is 0 Å². The monoisotopic (exact) mass is 485 g/mol. The molecule has 0 amide bonds. The van der Waals surface area contributed by atoms with Gasteiger partial charge in [0, 0.05) is 50.5 Å². The Hall–Kier alpha value is -3.58.